The average molecular weight is 352 g/mol. The van der Waals surface area contributed by atoms with E-state index in [-0.39, 0.29) is 22.7 Å². The highest BCUT2D eigenvalue weighted by molar-refractivity contribution is 6.01. The normalized spacial score (nSPS) is 17.5. The molecule has 0 aromatic heterocycles. The lowest BCUT2D eigenvalue weighted by molar-refractivity contribution is -0.137. The van der Waals surface area contributed by atoms with Crippen LogP contribution in [-0.2, 0) is 6.18 Å². The summed E-state index contributed by atoms with van der Waals surface area (Å²) < 4.78 is 52.4. The average Bonchev–Trinajstić information content (AvgIpc) is 3.07. The lowest BCUT2D eigenvalue weighted by atomic mass is 9.97. The lowest BCUT2D eigenvalue weighted by Gasteiger charge is -2.15. The van der Waals surface area contributed by atoms with Gasteiger partial charge in [-0.05, 0) is 48.4 Å². The van der Waals surface area contributed by atoms with Gasteiger partial charge in [-0.15, -0.1) is 0 Å². The summed E-state index contributed by atoms with van der Waals surface area (Å²) >= 11 is 0. The Morgan fingerprint density at radius 3 is 2.64 bits per heavy atom. The van der Waals surface area contributed by atoms with Crippen LogP contribution < -0.4 is 10.6 Å². The Morgan fingerprint density at radius 2 is 1.96 bits per heavy atom. The predicted octanol–water partition coefficient (Wildman–Crippen LogP) is 3.60. The maximum atomic E-state index is 13.6. The van der Waals surface area contributed by atoms with Gasteiger partial charge < -0.3 is 10.6 Å². The monoisotopic (exact) mass is 352 g/mol. The molecule has 0 aliphatic carbocycles. The number of hydrogen-bond donors (Lipinski definition) is 2. The number of halogens is 4. The van der Waals surface area contributed by atoms with Crippen LogP contribution in [0.25, 0.3) is 11.1 Å². The second-order valence-corrected chi connectivity index (χ2v) is 5.93. The Bertz CT molecular complexity index is 783. The van der Waals surface area contributed by atoms with Gasteiger partial charge in [0.15, 0.2) is 0 Å². The highest BCUT2D eigenvalue weighted by atomic mass is 19.4. The largest absolute Gasteiger partial charge is 0.416 e. The zero-order valence-electron chi connectivity index (χ0n) is 13.2. The van der Waals surface area contributed by atoms with Gasteiger partial charge in [-0.3, -0.25) is 4.79 Å². The topological polar surface area (TPSA) is 41.1 Å². The van der Waals surface area contributed by atoms with E-state index < -0.39 is 23.5 Å². The van der Waals surface area contributed by atoms with Gasteiger partial charge in [0.1, 0.15) is 5.82 Å². The minimum atomic E-state index is -4.49. The number of alkyl halides is 3. The quantitative estimate of drug-likeness (QED) is 0.829. The number of nitrogens with one attached hydrogen (secondary N) is 2. The van der Waals surface area contributed by atoms with E-state index in [9.17, 15) is 22.4 Å². The van der Waals surface area contributed by atoms with Crippen molar-refractivity contribution in [2.45, 2.75) is 18.6 Å². The van der Waals surface area contributed by atoms with Gasteiger partial charge in [0.25, 0.3) is 5.91 Å². The molecule has 3 rings (SSSR count). The van der Waals surface area contributed by atoms with Crippen molar-refractivity contribution in [3.63, 3.8) is 0 Å². The Hall–Kier alpha value is -2.41. The van der Waals surface area contributed by atoms with Gasteiger partial charge >= 0.3 is 6.18 Å². The molecule has 1 atom stereocenters. The summed E-state index contributed by atoms with van der Waals surface area (Å²) in [5.41, 5.74) is -0.327. The van der Waals surface area contributed by atoms with Crippen molar-refractivity contribution >= 4 is 5.91 Å². The zero-order valence-corrected chi connectivity index (χ0v) is 13.2. The predicted molar refractivity (Wildman–Crippen MR) is 85.6 cm³/mol. The number of carbonyl (C=O) groups is 1. The minimum absolute atomic E-state index is 0.0197. The van der Waals surface area contributed by atoms with Crippen LogP contribution in [0.5, 0.6) is 0 Å². The van der Waals surface area contributed by atoms with Crippen molar-refractivity contribution in [1.29, 1.82) is 0 Å². The van der Waals surface area contributed by atoms with E-state index in [1.165, 1.54) is 18.2 Å². The summed E-state index contributed by atoms with van der Waals surface area (Å²) in [5, 5.41) is 5.88. The molecule has 1 amide bonds. The van der Waals surface area contributed by atoms with Gasteiger partial charge in [-0.1, -0.05) is 18.2 Å². The summed E-state index contributed by atoms with van der Waals surface area (Å²) in [6.45, 7) is 1.38. The van der Waals surface area contributed by atoms with Crippen molar-refractivity contribution in [3.05, 3.63) is 59.4 Å². The molecule has 25 heavy (non-hydrogen) atoms. The van der Waals surface area contributed by atoms with Crippen LogP contribution in [0.15, 0.2) is 42.5 Å². The molecule has 2 aromatic rings. The Labute approximate surface area is 142 Å². The fraction of sp³-hybridized carbons (Fsp3) is 0.278. The van der Waals surface area contributed by atoms with Gasteiger partial charge in [-0.2, -0.15) is 13.2 Å². The second kappa shape index (κ2) is 6.84. The van der Waals surface area contributed by atoms with Crippen LogP contribution in [0, 0.1) is 5.82 Å². The molecule has 132 valence electrons. The van der Waals surface area contributed by atoms with E-state index in [1.807, 2.05) is 0 Å². The van der Waals surface area contributed by atoms with Gasteiger partial charge in [-0.25, -0.2) is 4.39 Å². The molecular formula is C18H16F4N2O. The summed E-state index contributed by atoms with van der Waals surface area (Å²) in [6, 6.07) is 8.08. The number of benzene rings is 2. The number of carbonyl (C=O) groups excluding carboxylic acids is 1. The molecular weight excluding hydrogens is 336 g/mol. The van der Waals surface area contributed by atoms with Crippen LogP contribution >= 0.6 is 0 Å². The second-order valence-electron chi connectivity index (χ2n) is 5.93. The number of amides is 1. The van der Waals surface area contributed by atoms with Crippen molar-refractivity contribution in [2.75, 3.05) is 13.1 Å². The molecule has 2 aromatic carbocycles. The van der Waals surface area contributed by atoms with Gasteiger partial charge in [0, 0.05) is 12.6 Å². The van der Waals surface area contributed by atoms with Crippen molar-refractivity contribution < 1.29 is 22.4 Å². The third-order valence-electron chi connectivity index (χ3n) is 4.12. The van der Waals surface area contributed by atoms with Crippen LogP contribution in [0.2, 0.25) is 0 Å². The highest BCUT2D eigenvalue weighted by Crippen LogP contribution is 2.33. The van der Waals surface area contributed by atoms with E-state index in [0.29, 0.717) is 6.54 Å². The van der Waals surface area contributed by atoms with E-state index in [2.05, 4.69) is 10.6 Å². The third kappa shape index (κ3) is 3.99. The van der Waals surface area contributed by atoms with Gasteiger partial charge in [0.05, 0.1) is 11.1 Å². The fourth-order valence-corrected chi connectivity index (χ4v) is 2.86. The summed E-state index contributed by atoms with van der Waals surface area (Å²) in [5.74, 6) is -1.12. The molecule has 0 saturated carbocycles. The zero-order chi connectivity index (χ0) is 18.0. The van der Waals surface area contributed by atoms with Crippen LogP contribution in [-0.4, -0.2) is 25.0 Å². The van der Waals surface area contributed by atoms with Crippen LogP contribution in [0.1, 0.15) is 22.3 Å². The summed E-state index contributed by atoms with van der Waals surface area (Å²) in [7, 11) is 0. The molecule has 2 N–H and O–H groups in total. The molecule has 0 radical (unpaired) electrons. The first-order valence-electron chi connectivity index (χ1n) is 7.83. The van der Waals surface area contributed by atoms with Crippen LogP contribution in [0.3, 0.4) is 0 Å². The Kier molecular flexibility index (Phi) is 4.76. The molecule has 1 heterocycles. The number of rotatable bonds is 3. The molecule has 1 fully saturated rings. The molecule has 0 spiro atoms. The van der Waals surface area contributed by atoms with Crippen molar-refractivity contribution in [2.24, 2.45) is 0 Å². The maximum absolute atomic E-state index is 13.6. The SMILES string of the molecule is O=C(NC1CCNC1)c1cc(F)ccc1-c1cccc(C(F)(F)F)c1. The highest BCUT2D eigenvalue weighted by Gasteiger charge is 2.31. The standard InChI is InChI=1S/C18H16F4N2O/c19-13-4-5-15(11-2-1-3-12(8-11)18(20,21)22)16(9-13)17(25)24-14-6-7-23-10-14/h1-5,8-9,14,23H,6-7,10H2,(H,24,25). The first-order valence-corrected chi connectivity index (χ1v) is 7.83. The fourth-order valence-electron chi connectivity index (χ4n) is 2.86. The molecule has 0 bridgehead atoms. The van der Waals surface area contributed by atoms with E-state index in [1.54, 1.807) is 0 Å². The molecule has 1 unspecified atom stereocenters. The van der Waals surface area contributed by atoms with Crippen molar-refractivity contribution in [1.82, 2.24) is 10.6 Å². The van der Waals surface area contributed by atoms with Crippen molar-refractivity contribution in [3.8, 4) is 11.1 Å². The Morgan fingerprint density at radius 1 is 1.16 bits per heavy atom. The third-order valence-corrected chi connectivity index (χ3v) is 4.12. The summed E-state index contributed by atoms with van der Waals surface area (Å²) in [4.78, 5) is 12.5. The molecule has 1 aliphatic heterocycles. The first-order chi connectivity index (χ1) is 11.8. The minimum Gasteiger partial charge on any atom is -0.348 e. The molecule has 3 nitrogen and oxygen atoms in total. The van der Waals surface area contributed by atoms with Gasteiger partial charge in [0.2, 0.25) is 0 Å². The lowest BCUT2D eigenvalue weighted by Crippen LogP contribution is -2.36. The molecule has 7 heteroatoms. The molecule has 1 aliphatic rings. The Balaban J connectivity index is 1.98. The smallest absolute Gasteiger partial charge is 0.348 e. The first kappa shape index (κ1) is 17.4. The number of hydrogen-bond acceptors (Lipinski definition) is 2. The van der Waals surface area contributed by atoms with E-state index in [4.69, 9.17) is 0 Å². The van der Waals surface area contributed by atoms with E-state index >= 15 is 0 Å². The van der Waals surface area contributed by atoms with Crippen LogP contribution in [0.4, 0.5) is 17.6 Å². The van der Waals surface area contributed by atoms with E-state index in [0.717, 1.165) is 37.2 Å². The molecule has 1 saturated heterocycles. The maximum Gasteiger partial charge on any atom is 0.416 e. The summed E-state index contributed by atoms with van der Waals surface area (Å²) in [6.07, 6.45) is -3.74.